The highest BCUT2D eigenvalue weighted by molar-refractivity contribution is 8.14. The summed E-state index contributed by atoms with van der Waals surface area (Å²) >= 11 is 1.18. The Morgan fingerprint density at radius 2 is 2.22 bits per heavy atom. The van der Waals surface area contributed by atoms with Gasteiger partial charge in [-0.3, -0.25) is 9.59 Å². The van der Waals surface area contributed by atoms with E-state index in [1.807, 2.05) is 0 Å². The molecule has 96 valence electrons. The number of carbonyl (C=O) groups excluding carboxylic acids is 2. The van der Waals surface area contributed by atoms with E-state index in [0.29, 0.717) is 24.2 Å². The van der Waals surface area contributed by atoms with Crippen LogP contribution in [0.3, 0.4) is 0 Å². The van der Waals surface area contributed by atoms with Crippen LogP contribution in [0.4, 0.5) is 10.1 Å². The second kappa shape index (κ2) is 5.10. The standard InChI is InChI=1S/C13H14FNO2S/c1-8-3-4-10(5-12(8)14)15-7-11(6-13(15)17)18-9(2)16/h3-5,11H,6-7H2,1-2H3. The second-order valence-corrected chi connectivity index (χ2v) is 5.85. The molecule has 1 aliphatic heterocycles. The Hall–Kier alpha value is -1.36. The summed E-state index contributed by atoms with van der Waals surface area (Å²) in [5.41, 5.74) is 1.12. The van der Waals surface area contributed by atoms with Gasteiger partial charge in [-0.25, -0.2) is 4.39 Å². The van der Waals surface area contributed by atoms with Gasteiger partial charge in [0.2, 0.25) is 5.91 Å². The zero-order valence-corrected chi connectivity index (χ0v) is 11.1. The summed E-state index contributed by atoms with van der Waals surface area (Å²) in [4.78, 5) is 24.4. The SMILES string of the molecule is CC(=O)SC1CC(=O)N(c2ccc(C)c(F)c2)C1. The van der Waals surface area contributed by atoms with Crippen LogP contribution >= 0.6 is 11.8 Å². The lowest BCUT2D eigenvalue weighted by Crippen LogP contribution is -2.25. The molecule has 1 aromatic rings. The van der Waals surface area contributed by atoms with E-state index in [9.17, 15) is 14.0 Å². The van der Waals surface area contributed by atoms with E-state index in [4.69, 9.17) is 0 Å². The number of hydrogen-bond donors (Lipinski definition) is 0. The molecule has 1 aromatic carbocycles. The Morgan fingerprint density at radius 3 is 2.83 bits per heavy atom. The number of hydrogen-bond acceptors (Lipinski definition) is 3. The van der Waals surface area contributed by atoms with Crippen LogP contribution in [0.5, 0.6) is 0 Å². The molecule has 0 bridgehead atoms. The van der Waals surface area contributed by atoms with Crippen LogP contribution in [-0.4, -0.2) is 22.8 Å². The number of anilines is 1. The maximum Gasteiger partial charge on any atom is 0.228 e. The second-order valence-electron chi connectivity index (χ2n) is 4.37. The van der Waals surface area contributed by atoms with Crippen LogP contribution in [0.15, 0.2) is 18.2 Å². The van der Waals surface area contributed by atoms with Gasteiger partial charge >= 0.3 is 0 Å². The van der Waals surface area contributed by atoms with E-state index in [1.54, 1.807) is 24.0 Å². The molecule has 3 nitrogen and oxygen atoms in total. The number of thioether (sulfide) groups is 1. The van der Waals surface area contributed by atoms with E-state index in [1.165, 1.54) is 24.8 Å². The molecule has 1 saturated heterocycles. The molecule has 0 radical (unpaired) electrons. The Morgan fingerprint density at radius 1 is 1.50 bits per heavy atom. The van der Waals surface area contributed by atoms with Gasteiger partial charge in [0.25, 0.3) is 0 Å². The minimum Gasteiger partial charge on any atom is -0.311 e. The molecule has 1 atom stereocenters. The van der Waals surface area contributed by atoms with Crippen LogP contribution < -0.4 is 4.90 Å². The third kappa shape index (κ3) is 2.72. The van der Waals surface area contributed by atoms with Gasteiger partial charge in [0, 0.05) is 30.8 Å². The van der Waals surface area contributed by atoms with Gasteiger partial charge in [0.05, 0.1) is 0 Å². The zero-order chi connectivity index (χ0) is 13.3. The molecule has 0 spiro atoms. The van der Waals surface area contributed by atoms with E-state index in [2.05, 4.69) is 0 Å². The molecule has 0 N–H and O–H groups in total. The van der Waals surface area contributed by atoms with Crippen molar-refractivity contribution in [3.63, 3.8) is 0 Å². The van der Waals surface area contributed by atoms with Crippen molar-refractivity contribution in [1.29, 1.82) is 0 Å². The monoisotopic (exact) mass is 267 g/mol. The molecular weight excluding hydrogens is 253 g/mol. The highest BCUT2D eigenvalue weighted by atomic mass is 32.2. The molecule has 0 aliphatic carbocycles. The third-order valence-corrected chi connectivity index (χ3v) is 3.87. The molecule has 1 aliphatic rings. The van der Waals surface area contributed by atoms with Crippen LogP contribution in [0.1, 0.15) is 18.9 Å². The fourth-order valence-electron chi connectivity index (χ4n) is 1.99. The zero-order valence-electron chi connectivity index (χ0n) is 10.3. The van der Waals surface area contributed by atoms with Crippen LogP contribution in [0.25, 0.3) is 0 Å². The van der Waals surface area contributed by atoms with Crippen molar-refractivity contribution in [2.24, 2.45) is 0 Å². The number of amides is 1. The van der Waals surface area contributed by atoms with Gasteiger partial charge in [-0.05, 0) is 24.6 Å². The Bertz CT molecular complexity index is 504. The summed E-state index contributed by atoms with van der Waals surface area (Å²) in [6, 6.07) is 4.76. The number of halogens is 1. The molecule has 18 heavy (non-hydrogen) atoms. The van der Waals surface area contributed by atoms with E-state index >= 15 is 0 Å². The summed E-state index contributed by atoms with van der Waals surface area (Å²) in [5.74, 6) is -0.375. The number of nitrogens with zero attached hydrogens (tertiary/aromatic N) is 1. The smallest absolute Gasteiger partial charge is 0.228 e. The van der Waals surface area contributed by atoms with E-state index in [0.717, 1.165) is 0 Å². The van der Waals surface area contributed by atoms with Gasteiger partial charge < -0.3 is 4.90 Å². The maximum absolute atomic E-state index is 13.5. The van der Waals surface area contributed by atoms with Gasteiger partial charge in [-0.1, -0.05) is 17.8 Å². The first-order chi connectivity index (χ1) is 8.47. The van der Waals surface area contributed by atoms with Gasteiger partial charge in [0.1, 0.15) is 5.82 Å². The lowest BCUT2D eigenvalue weighted by Gasteiger charge is -2.16. The van der Waals surface area contributed by atoms with Crippen molar-refractivity contribution >= 4 is 28.5 Å². The summed E-state index contributed by atoms with van der Waals surface area (Å²) in [5, 5.41) is -0.0240. The highest BCUT2D eigenvalue weighted by Crippen LogP contribution is 2.29. The molecular formula is C13H14FNO2S. The predicted molar refractivity (Wildman–Crippen MR) is 70.2 cm³/mol. The quantitative estimate of drug-likeness (QED) is 0.826. The first kappa shape index (κ1) is 13.1. The van der Waals surface area contributed by atoms with Crippen LogP contribution in [0.2, 0.25) is 0 Å². The van der Waals surface area contributed by atoms with Crippen molar-refractivity contribution in [3.05, 3.63) is 29.6 Å². The topological polar surface area (TPSA) is 37.4 Å². The average Bonchev–Trinajstić information content (AvgIpc) is 2.62. The summed E-state index contributed by atoms with van der Waals surface area (Å²) in [6.45, 7) is 3.63. The van der Waals surface area contributed by atoms with Crippen molar-refractivity contribution in [2.75, 3.05) is 11.4 Å². The maximum atomic E-state index is 13.5. The fraction of sp³-hybridized carbons (Fsp3) is 0.385. The first-order valence-corrected chi connectivity index (χ1v) is 6.59. The first-order valence-electron chi connectivity index (χ1n) is 5.71. The van der Waals surface area contributed by atoms with Gasteiger partial charge in [-0.2, -0.15) is 0 Å². The van der Waals surface area contributed by atoms with Crippen molar-refractivity contribution in [2.45, 2.75) is 25.5 Å². The summed E-state index contributed by atoms with van der Waals surface area (Å²) < 4.78 is 13.5. The normalized spacial score (nSPS) is 19.4. The Kier molecular flexibility index (Phi) is 3.71. The summed E-state index contributed by atoms with van der Waals surface area (Å²) in [7, 11) is 0. The van der Waals surface area contributed by atoms with E-state index < -0.39 is 0 Å². The van der Waals surface area contributed by atoms with Gasteiger partial charge in [0.15, 0.2) is 5.12 Å². The minimum atomic E-state index is -0.317. The predicted octanol–water partition coefficient (Wildman–Crippen LogP) is 2.52. The average molecular weight is 267 g/mol. The number of benzene rings is 1. The Balaban J connectivity index is 2.16. The minimum absolute atomic E-state index is 0.00439. The third-order valence-electron chi connectivity index (χ3n) is 2.89. The summed E-state index contributed by atoms with van der Waals surface area (Å²) in [6.07, 6.45) is 0.333. The number of carbonyl (C=O) groups is 2. The lowest BCUT2D eigenvalue weighted by molar-refractivity contribution is -0.117. The largest absolute Gasteiger partial charge is 0.311 e. The number of aryl methyl sites for hydroxylation is 1. The lowest BCUT2D eigenvalue weighted by atomic mass is 10.2. The molecule has 0 aromatic heterocycles. The molecule has 1 heterocycles. The molecule has 1 unspecified atom stereocenters. The van der Waals surface area contributed by atoms with E-state index in [-0.39, 0.29) is 22.1 Å². The molecule has 5 heteroatoms. The highest BCUT2D eigenvalue weighted by Gasteiger charge is 2.32. The number of rotatable bonds is 2. The van der Waals surface area contributed by atoms with Crippen LogP contribution in [-0.2, 0) is 9.59 Å². The molecule has 1 fully saturated rings. The van der Waals surface area contributed by atoms with Crippen LogP contribution in [0, 0.1) is 12.7 Å². The molecule has 2 rings (SSSR count). The molecule has 0 saturated carbocycles. The van der Waals surface area contributed by atoms with Crippen molar-refractivity contribution < 1.29 is 14.0 Å². The fourth-order valence-corrected chi connectivity index (χ4v) is 2.91. The molecule has 1 amide bonds. The van der Waals surface area contributed by atoms with Gasteiger partial charge in [-0.15, -0.1) is 0 Å². The van der Waals surface area contributed by atoms with Crippen molar-refractivity contribution in [1.82, 2.24) is 0 Å². The Labute approximate surface area is 109 Å². The van der Waals surface area contributed by atoms with Crippen molar-refractivity contribution in [3.8, 4) is 0 Å².